The largest absolute Gasteiger partial charge is 0.493 e. The molecule has 4 nitrogen and oxygen atoms in total. The van der Waals surface area contributed by atoms with Gasteiger partial charge < -0.3 is 15.2 Å². The van der Waals surface area contributed by atoms with Gasteiger partial charge in [-0.2, -0.15) is 0 Å². The molecule has 2 N–H and O–H groups in total. The Bertz CT molecular complexity index is 407. The van der Waals surface area contributed by atoms with Gasteiger partial charge in [-0.25, -0.2) is 0 Å². The van der Waals surface area contributed by atoms with E-state index in [1.807, 2.05) is 30.3 Å². The third-order valence-electron chi connectivity index (χ3n) is 3.83. The van der Waals surface area contributed by atoms with E-state index in [1.165, 1.54) is 0 Å². The monoisotopic (exact) mass is 277 g/mol. The Labute approximate surface area is 120 Å². The van der Waals surface area contributed by atoms with Gasteiger partial charge in [-0.05, 0) is 25.0 Å². The van der Waals surface area contributed by atoms with E-state index in [0.29, 0.717) is 13.0 Å². The molecule has 20 heavy (non-hydrogen) atoms. The first-order valence-corrected chi connectivity index (χ1v) is 7.37. The molecule has 0 saturated heterocycles. The molecule has 1 amide bonds. The molecular weight excluding hydrogens is 254 g/mol. The number of nitrogens with one attached hydrogen (secondary N) is 1. The Hall–Kier alpha value is -1.55. The van der Waals surface area contributed by atoms with Crippen molar-refractivity contribution in [1.82, 2.24) is 5.32 Å². The molecule has 1 aromatic rings. The highest BCUT2D eigenvalue weighted by Gasteiger charge is 2.25. The van der Waals surface area contributed by atoms with Crippen LogP contribution >= 0.6 is 0 Å². The summed E-state index contributed by atoms with van der Waals surface area (Å²) in [5.41, 5.74) is 0. The molecular formula is C16H23NO3. The van der Waals surface area contributed by atoms with Gasteiger partial charge >= 0.3 is 0 Å². The molecule has 2 rings (SSSR count). The zero-order valence-corrected chi connectivity index (χ0v) is 11.8. The van der Waals surface area contributed by atoms with Gasteiger partial charge in [0.1, 0.15) is 5.75 Å². The molecule has 0 bridgehead atoms. The predicted octanol–water partition coefficient (Wildman–Crippen LogP) is 2.12. The molecule has 1 aliphatic rings. The smallest absolute Gasteiger partial charge is 0.223 e. The van der Waals surface area contributed by atoms with Crippen molar-refractivity contribution in [3.8, 4) is 5.75 Å². The summed E-state index contributed by atoms with van der Waals surface area (Å²) < 4.78 is 5.51. The minimum Gasteiger partial charge on any atom is -0.493 e. The predicted molar refractivity (Wildman–Crippen MR) is 77.5 cm³/mol. The Kier molecular flexibility index (Phi) is 5.87. The molecule has 0 spiro atoms. The molecule has 0 aliphatic heterocycles. The van der Waals surface area contributed by atoms with Crippen LogP contribution in [0.1, 0.15) is 32.1 Å². The van der Waals surface area contributed by atoms with E-state index in [9.17, 15) is 9.90 Å². The molecule has 1 aromatic carbocycles. The number of carbonyl (C=O) groups excluding carboxylic acids is 1. The molecule has 4 heteroatoms. The van der Waals surface area contributed by atoms with Gasteiger partial charge in [0.2, 0.25) is 5.91 Å². The Morgan fingerprint density at radius 1 is 1.25 bits per heavy atom. The maximum absolute atomic E-state index is 11.9. The lowest BCUT2D eigenvalue weighted by molar-refractivity contribution is -0.123. The van der Waals surface area contributed by atoms with E-state index in [2.05, 4.69) is 5.32 Å². The lowest BCUT2D eigenvalue weighted by Crippen LogP contribution is -2.43. The number of benzene rings is 1. The van der Waals surface area contributed by atoms with E-state index in [4.69, 9.17) is 4.74 Å². The minimum atomic E-state index is 0.00582. The summed E-state index contributed by atoms with van der Waals surface area (Å²) in [6.07, 6.45) is 4.60. The van der Waals surface area contributed by atoms with Gasteiger partial charge in [-0.3, -0.25) is 4.79 Å². The zero-order chi connectivity index (χ0) is 14.2. The van der Waals surface area contributed by atoms with Gasteiger partial charge in [-0.15, -0.1) is 0 Å². The van der Waals surface area contributed by atoms with Crippen LogP contribution in [-0.2, 0) is 4.79 Å². The molecule has 1 saturated carbocycles. The highest BCUT2D eigenvalue weighted by atomic mass is 16.5. The fourth-order valence-electron chi connectivity index (χ4n) is 2.67. The van der Waals surface area contributed by atoms with Crippen LogP contribution in [0.15, 0.2) is 30.3 Å². The Balaban J connectivity index is 1.69. The maximum Gasteiger partial charge on any atom is 0.223 e. The van der Waals surface area contributed by atoms with Crippen LogP contribution in [0.3, 0.4) is 0 Å². The molecule has 0 heterocycles. The van der Waals surface area contributed by atoms with Crippen molar-refractivity contribution < 1.29 is 14.6 Å². The van der Waals surface area contributed by atoms with Crippen molar-refractivity contribution >= 4 is 5.91 Å². The van der Waals surface area contributed by atoms with Crippen LogP contribution in [0.4, 0.5) is 0 Å². The molecule has 1 aliphatic carbocycles. The van der Waals surface area contributed by atoms with Crippen molar-refractivity contribution in [2.75, 3.05) is 13.2 Å². The van der Waals surface area contributed by atoms with E-state index in [0.717, 1.165) is 31.4 Å². The summed E-state index contributed by atoms with van der Waals surface area (Å²) in [7, 11) is 0. The van der Waals surface area contributed by atoms with Crippen molar-refractivity contribution in [3.05, 3.63) is 30.3 Å². The summed E-state index contributed by atoms with van der Waals surface area (Å²) in [4.78, 5) is 11.9. The number of amides is 1. The van der Waals surface area contributed by atoms with Crippen molar-refractivity contribution in [1.29, 1.82) is 0 Å². The van der Waals surface area contributed by atoms with Crippen LogP contribution < -0.4 is 10.1 Å². The number of para-hydroxylation sites is 1. The summed E-state index contributed by atoms with van der Waals surface area (Å²) in [6.45, 7) is 0.540. The van der Waals surface area contributed by atoms with Gasteiger partial charge in [0.05, 0.1) is 13.0 Å². The molecule has 0 radical (unpaired) electrons. The van der Waals surface area contributed by atoms with E-state index in [-0.39, 0.29) is 24.5 Å². The number of ether oxygens (including phenoxy) is 1. The summed E-state index contributed by atoms with van der Waals surface area (Å²) in [5.74, 6) is 1.00. The molecule has 2 unspecified atom stereocenters. The SMILES string of the molecule is O=C(CCOc1ccccc1)NC1CCCCC1CO. The zero-order valence-electron chi connectivity index (χ0n) is 11.8. The number of carbonyl (C=O) groups is 1. The summed E-state index contributed by atoms with van der Waals surface area (Å²) >= 11 is 0. The van der Waals surface area contributed by atoms with Crippen LogP contribution in [-0.4, -0.2) is 30.3 Å². The number of rotatable bonds is 6. The van der Waals surface area contributed by atoms with Crippen LogP contribution in [0, 0.1) is 5.92 Å². The first kappa shape index (κ1) is 14.9. The molecule has 110 valence electrons. The lowest BCUT2D eigenvalue weighted by atomic mass is 9.85. The van der Waals surface area contributed by atoms with E-state index >= 15 is 0 Å². The van der Waals surface area contributed by atoms with E-state index < -0.39 is 0 Å². The fraction of sp³-hybridized carbons (Fsp3) is 0.562. The Morgan fingerprint density at radius 2 is 2.00 bits per heavy atom. The van der Waals surface area contributed by atoms with Gasteiger partial charge in [0.25, 0.3) is 0 Å². The van der Waals surface area contributed by atoms with Crippen LogP contribution in [0.5, 0.6) is 5.75 Å². The third kappa shape index (κ3) is 4.53. The first-order valence-electron chi connectivity index (χ1n) is 7.37. The highest BCUT2D eigenvalue weighted by Crippen LogP contribution is 2.23. The molecule has 2 atom stereocenters. The molecule has 0 aromatic heterocycles. The Morgan fingerprint density at radius 3 is 2.75 bits per heavy atom. The lowest BCUT2D eigenvalue weighted by Gasteiger charge is -2.30. The van der Waals surface area contributed by atoms with Crippen molar-refractivity contribution in [3.63, 3.8) is 0 Å². The van der Waals surface area contributed by atoms with E-state index in [1.54, 1.807) is 0 Å². The topological polar surface area (TPSA) is 58.6 Å². The third-order valence-corrected chi connectivity index (χ3v) is 3.83. The van der Waals surface area contributed by atoms with Crippen molar-refractivity contribution in [2.24, 2.45) is 5.92 Å². The standard InChI is InChI=1S/C16H23NO3/c18-12-13-6-4-5-9-15(13)17-16(19)10-11-20-14-7-2-1-3-8-14/h1-3,7-8,13,15,18H,4-6,9-12H2,(H,17,19). The summed E-state index contributed by atoms with van der Waals surface area (Å²) in [6, 6.07) is 9.62. The van der Waals surface area contributed by atoms with Crippen LogP contribution in [0.2, 0.25) is 0 Å². The average Bonchev–Trinajstić information content (AvgIpc) is 2.49. The number of hydrogen-bond acceptors (Lipinski definition) is 3. The quantitative estimate of drug-likeness (QED) is 0.837. The number of aliphatic hydroxyl groups is 1. The van der Waals surface area contributed by atoms with Crippen LogP contribution in [0.25, 0.3) is 0 Å². The second kappa shape index (κ2) is 7.90. The second-order valence-corrected chi connectivity index (χ2v) is 5.31. The highest BCUT2D eigenvalue weighted by molar-refractivity contribution is 5.76. The fourth-order valence-corrected chi connectivity index (χ4v) is 2.67. The first-order chi connectivity index (χ1) is 9.79. The average molecular weight is 277 g/mol. The van der Waals surface area contributed by atoms with Crippen molar-refractivity contribution in [2.45, 2.75) is 38.1 Å². The van der Waals surface area contributed by atoms with Gasteiger partial charge in [0.15, 0.2) is 0 Å². The normalized spacial score (nSPS) is 22.2. The summed E-state index contributed by atoms with van der Waals surface area (Å²) in [5, 5.41) is 12.4. The second-order valence-electron chi connectivity index (χ2n) is 5.31. The number of aliphatic hydroxyl groups excluding tert-OH is 1. The van der Waals surface area contributed by atoms with Gasteiger partial charge in [-0.1, -0.05) is 31.0 Å². The maximum atomic E-state index is 11.9. The molecule has 1 fully saturated rings. The minimum absolute atomic E-state index is 0.00582. The number of hydrogen-bond donors (Lipinski definition) is 2. The van der Waals surface area contributed by atoms with Gasteiger partial charge in [0, 0.05) is 18.6 Å².